The van der Waals surface area contributed by atoms with Gasteiger partial charge in [0, 0.05) is 15.2 Å². The molecule has 2 aromatic carbocycles. The summed E-state index contributed by atoms with van der Waals surface area (Å²) in [6.07, 6.45) is 0. The van der Waals surface area contributed by atoms with E-state index >= 15 is 0 Å². The second-order valence-corrected chi connectivity index (χ2v) is 7.20. The van der Waals surface area contributed by atoms with Crippen LogP contribution in [0.2, 0.25) is 5.02 Å². The maximum atomic E-state index is 12.4. The molecular formula is C13H12BrClN2O2S. The van der Waals surface area contributed by atoms with Crippen LogP contribution in [0.5, 0.6) is 0 Å². The molecule has 0 aliphatic rings. The molecule has 7 heteroatoms. The van der Waals surface area contributed by atoms with E-state index in [9.17, 15) is 8.42 Å². The first-order valence-electron chi connectivity index (χ1n) is 5.63. The van der Waals surface area contributed by atoms with Gasteiger partial charge in [0.15, 0.2) is 0 Å². The zero-order chi connectivity index (χ0) is 14.9. The van der Waals surface area contributed by atoms with E-state index in [-0.39, 0.29) is 4.90 Å². The summed E-state index contributed by atoms with van der Waals surface area (Å²) in [5.41, 5.74) is 7.23. The third-order valence-corrected chi connectivity index (χ3v) is 5.27. The van der Waals surface area contributed by atoms with Crippen molar-refractivity contribution >= 4 is 48.9 Å². The maximum absolute atomic E-state index is 12.4. The first kappa shape index (κ1) is 15.2. The fourth-order valence-corrected chi connectivity index (χ4v) is 4.02. The molecule has 0 fully saturated rings. The van der Waals surface area contributed by atoms with Crippen molar-refractivity contribution in [3.63, 3.8) is 0 Å². The topological polar surface area (TPSA) is 72.2 Å². The summed E-state index contributed by atoms with van der Waals surface area (Å²) in [7, 11) is -3.72. The van der Waals surface area contributed by atoms with E-state index in [1.54, 1.807) is 37.3 Å². The fourth-order valence-electron chi connectivity index (χ4n) is 1.67. The Morgan fingerprint density at radius 2 is 1.90 bits per heavy atom. The smallest absolute Gasteiger partial charge is 0.263 e. The highest BCUT2D eigenvalue weighted by Crippen LogP contribution is 2.28. The number of sulfonamides is 1. The largest absolute Gasteiger partial charge is 0.399 e. The highest BCUT2D eigenvalue weighted by Gasteiger charge is 2.19. The summed E-state index contributed by atoms with van der Waals surface area (Å²) in [5, 5.41) is 0.551. The van der Waals surface area contributed by atoms with Crippen LogP contribution in [0.4, 0.5) is 11.4 Å². The molecule has 2 aromatic rings. The van der Waals surface area contributed by atoms with Crippen LogP contribution >= 0.6 is 27.5 Å². The molecule has 0 spiro atoms. The van der Waals surface area contributed by atoms with Crippen LogP contribution in [0.15, 0.2) is 45.8 Å². The van der Waals surface area contributed by atoms with Gasteiger partial charge < -0.3 is 5.73 Å². The van der Waals surface area contributed by atoms with Crippen LogP contribution in [-0.2, 0) is 10.0 Å². The number of hydrogen-bond donors (Lipinski definition) is 2. The molecule has 0 saturated carbocycles. The zero-order valence-corrected chi connectivity index (χ0v) is 13.7. The summed E-state index contributed by atoms with van der Waals surface area (Å²) >= 11 is 9.06. The van der Waals surface area contributed by atoms with Gasteiger partial charge in [0.1, 0.15) is 4.90 Å². The first-order valence-corrected chi connectivity index (χ1v) is 8.29. The lowest BCUT2D eigenvalue weighted by Gasteiger charge is -2.12. The molecule has 0 unspecified atom stereocenters. The average Bonchev–Trinajstić information content (AvgIpc) is 2.35. The Labute approximate surface area is 131 Å². The standard InChI is InChI=1S/C13H12BrClN2O2S/c1-8-6-9(15)2-5-12(8)17-20(18,19)13-7-10(16)3-4-11(13)14/h2-7,17H,16H2,1H3. The number of nitrogens with one attached hydrogen (secondary N) is 1. The SMILES string of the molecule is Cc1cc(Cl)ccc1NS(=O)(=O)c1cc(N)ccc1Br. The fraction of sp³-hybridized carbons (Fsp3) is 0.0769. The number of aryl methyl sites for hydroxylation is 1. The summed E-state index contributed by atoms with van der Waals surface area (Å²) in [5.74, 6) is 0. The van der Waals surface area contributed by atoms with Gasteiger partial charge in [-0.1, -0.05) is 11.6 Å². The number of nitrogens with two attached hydrogens (primary N) is 1. The summed E-state index contributed by atoms with van der Waals surface area (Å²) in [6.45, 7) is 1.78. The van der Waals surface area contributed by atoms with Crippen LogP contribution in [0.25, 0.3) is 0 Å². The zero-order valence-electron chi connectivity index (χ0n) is 10.5. The number of rotatable bonds is 3. The van der Waals surface area contributed by atoms with Gasteiger partial charge in [0.05, 0.1) is 5.69 Å². The third kappa shape index (κ3) is 3.26. The minimum atomic E-state index is -3.72. The summed E-state index contributed by atoms with van der Waals surface area (Å²) in [4.78, 5) is 0.0897. The first-order chi connectivity index (χ1) is 9.29. The highest BCUT2D eigenvalue weighted by atomic mass is 79.9. The lowest BCUT2D eigenvalue weighted by molar-refractivity contribution is 0.600. The molecule has 0 aliphatic carbocycles. The molecule has 0 radical (unpaired) electrons. The lowest BCUT2D eigenvalue weighted by Crippen LogP contribution is -2.14. The molecule has 106 valence electrons. The lowest BCUT2D eigenvalue weighted by atomic mass is 10.2. The second-order valence-electron chi connectivity index (χ2n) is 4.25. The van der Waals surface area contributed by atoms with Crippen molar-refractivity contribution in [1.82, 2.24) is 0 Å². The van der Waals surface area contributed by atoms with Crippen molar-refractivity contribution in [3.05, 3.63) is 51.5 Å². The average molecular weight is 376 g/mol. The van der Waals surface area contributed by atoms with Crippen molar-refractivity contribution in [2.45, 2.75) is 11.8 Å². The van der Waals surface area contributed by atoms with Crippen LogP contribution in [0, 0.1) is 6.92 Å². The van der Waals surface area contributed by atoms with Gasteiger partial charge in [0.25, 0.3) is 10.0 Å². The van der Waals surface area contributed by atoms with Crippen LogP contribution in [-0.4, -0.2) is 8.42 Å². The van der Waals surface area contributed by atoms with Crippen molar-refractivity contribution in [2.24, 2.45) is 0 Å². The summed E-state index contributed by atoms with van der Waals surface area (Å²) in [6, 6.07) is 9.55. The number of nitrogen functional groups attached to an aromatic ring is 1. The van der Waals surface area contributed by atoms with E-state index in [0.29, 0.717) is 20.9 Å². The van der Waals surface area contributed by atoms with E-state index < -0.39 is 10.0 Å². The molecular weight excluding hydrogens is 364 g/mol. The molecule has 0 amide bonds. The normalized spacial score (nSPS) is 11.3. The van der Waals surface area contributed by atoms with Crippen LogP contribution < -0.4 is 10.5 Å². The highest BCUT2D eigenvalue weighted by molar-refractivity contribution is 9.10. The Morgan fingerprint density at radius 1 is 1.20 bits per heavy atom. The summed E-state index contributed by atoms with van der Waals surface area (Å²) < 4.78 is 27.7. The van der Waals surface area contributed by atoms with Crippen molar-refractivity contribution in [1.29, 1.82) is 0 Å². The molecule has 0 saturated heterocycles. The third-order valence-electron chi connectivity index (χ3n) is 2.68. The van der Waals surface area contributed by atoms with Gasteiger partial charge in [-0.3, -0.25) is 4.72 Å². The van der Waals surface area contributed by atoms with Crippen molar-refractivity contribution in [2.75, 3.05) is 10.5 Å². The molecule has 4 nitrogen and oxygen atoms in total. The maximum Gasteiger partial charge on any atom is 0.263 e. The number of halogens is 2. The Morgan fingerprint density at radius 3 is 2.55 bits per heavy atom. The molecule has 0 aliphatic heterocycles. The molecule has 2 rings (SSSR count). The van der Waals surface area contributed by atoms with Gasteiger partial charge >= 0.3 is 0 Å². The van der Waals surface area contributed by atoms with Crippen LogP contribution in [0.1, 0.15) is 5.56 Å². The Kier molecular flexibility index (Phi) is 4.27. The molecule has 0 bridgehead atoms. The van der Waals surface area contributed by atoms with Crippen molar-refractivity contribution < 1.29 is 8.42 Å². The molecule has 0 heterocycles. The monoisotopic (exact) mass is 374 g/mol. The van der Waals surface area contributed by atoms with E-state index in [2.05, 4.69) is 20.7 Å². The number of hydrogen-bond acceptors (Lipinski definition) is 3. The van der Waals surface area contributed by atoms with Crippen molar-refractivity contribution in [3.8, 4) is 0 Å². The second kappa shape index (κ2) is 5.63. The number of benzene rings is 2. The van der Waals surface area contributed by atoms with E-state index in [0.717, 1.165) is 5.56 Å². The molecule has 0 aromatic heterocycles. The van der Waals surface area contributed by atoms with Gasteiger partial charge in [0.2, 0.25) is 0 Å². The molecule has 0 atom stereocenters. The quantitative estimate of drug-likeness (QED) is 0.802. The van der Waals surface area contributed by atoms with Crippen LogP contribution in [0.3, 0.4) is 0 Å². The molecule has 20 heavy (non-hydrogen) atoms. The van der Waals surface area contributed by atoms with E-state index in [1.807, 2.05) is 0 Å². The van der Waals surface area contributed by atoms with Gasteiger partial charge in [-0.15, -0.1) is 0 Å². The minimum absolute atomic E-state index is 0.0897. The van der Waals surface area contributed by atoms with E-state index in [4.69, 9.17) is 17.3 Å². The minimum Gasteiger partial charge on any atom is -0.399 e. The number of anilines is 2. The predicted molar refractivity (Wildman–Crippen MR) is 85.6 cm³/mol. The van der Waals surface area contributed by atoms with Gasteiger partial charge in [-0.2, -0.15) is 0 Å². The Balaban J connectivity index is 2.43. The Hall–Kier alpha value is -1.24. The predicted octanol–water partition coefficient (Wildman–Crippen LogP) is 3.79. The van der Waals surface area contributed by atoms with E-state index in [1.165, 1.54) is 6.07 Å². The van der Waals surface area contributed by atoms with Gasteiger partial charge in [-0.05, 0) is 64.8 Å². The van der Waals surface area contributed by atoms with Gasteiger partial charge in [-0.25, -0.2) is 8.42 Å². The Bertz CT molecular complexity index is 763. The molecule has 3 N–H and O–H groups in total.